The number of rotatable bonds is 5. The van der Waals surface area contributed by atoms with E-state index < -0.39 is 15.9 Å². The summed E-state index contributed by atoms with van der Waals surface area (Å²) in [5.74, 6) is 0.679. The first-order chi connectivity index (χ1) is 9.35. The fourth-order valence-corrected chi connectivity index (χ4v) is 2.56. The number of H-pyrrole nitrogens is 1. The number of benzene rings is 1. The molecule has 0 fully saturated rings. The quantitative estimate of drug-likeness (QED) is 0.880. The second-order valence-electron chi connectivity index (χ2n) is 5.07. The van der Waals surface area contributed by atoms with E-state index in [1.165, 1.54) is 11.8 Å². The van der Waals surface area contributed by atoms with Crippen molar-refractivity contribution in [1.82, 2.24) is 9.97 Å². The van der Waals surface area contributed by atoms with Crippen molar-refractivity contribution in [3.05, 3.63) is 41.9 Å². The fourth-order valence-electron chi connectivity index (χ4n) is 1.88. The molecule has 5 nitrogen and oxygen atoms in total. The van der Waals surface area contributed by atoms with E-state index in [1.54, 1.807) is 6.20 Å². The van der Waals surface area contributed by atoms with E-state index in [1.807, 2.05) is 31.2 Å². The lowest BCUT2D eigenvalue weighted by atomic mass is 10.1. The van der Waals surface area contributed by atoms with Crippen molar-refractivity contribution in [2.24, 2.45) is 5.73 Å². The van der Waals surface area contributed by atoms with Crippen LogP contribution in [0.15, 0.2) is 30.5 Å². The van der Waals surface area contributed by atoms with Gasteiger partial charge in [0.05, 0.1) is 23.7 Å². The summed E-state index contributed by atoms with van der Waals surface area (Å²) in [5, 5.41) is 0. The molecule has 2 aromatic rings. The van der Waals surface area contributed by atoms with Gasteiger partial charge in [-0.15, -0.1) is 0 Å². The third kappa shape index (κ3) is 3.91. The van der Waals surface area contributed by atoms with Crippen molar-refractivity contribution in [3.8, 4) is 11.3 Å². The Morgan fingerprint density at radius 3 is 2.55 bits per heavy atom. The normalized spacial score (nSPS) is 13.3. The van der Waals surface area contributed by atoms with Gasteiger partial charge in [0.1, 0.15) is 15.7 Å². The highest BCUT2D eigenvalue weighted by Crippen LogP contribution is 2.20. The third-order valence-electron chi connectivity index (χ3n) is 3.11. The minimum atomic E-state index is -3.00. The number of imidazole rings is 1. The molecule has 20 heavy (non-hydrogen) atoms. The van der Waals surface area contributed by atoms with E-state index in [9.17, 15) is 8.42 Å². The van der Waals surface area contributed by atoms with Crippen molar-refractivity contribution in [2.75, 3.05) is 12.0 Å². The average molecular weight is 293 g/mol. The van der Waals surface area contributed by atoms with E-state index in [2.05, 4.69) is 9.97 Å². The van der Waals surface area contributed by atoms with Crippen molar-refractivity contribution in [3.63, 3.8) is 0 Å². The van der Waals surface area contributed by atoms with Gasteiger partial charge >= 0.3 is 0 Å². The molecule has 0 amide bonds. The molecule has 6 heteroatoms. The first-order valence-electron chi connectivity index (χ1n) is 6.40. The van der Waals surface area contributed by atoms with Gasteiger partial charge in [-0.05, 0) is 18.9 Å². The lowest BCUT2D eigenvalue weighted by Gasteiger charge is -2.07. The SMILES string of the molecule is Cc1ccc(-c2cnc(C(N)CCS(C)(=O)=O)[nH]2)cc1. The van der Waals surface area contributed by atoms with Gasteiger partial charge in [0.25, 0.3) is 0 Å². The molecule has 1 unspecified atom stereocenters. The number of sulfone groups is 1. The molecule has 108 valence electrons. The molecule has 0 aliphatic rings. The molecule has 1 aromatic carbocycles. The summed E-state index contributed by atoms with van der Waals surface area (Å²) >= 11 is 0. The monoisotopic (exact) mass is 293 g/mol. The van der Waals surface area contributed by atoms with Crippen LogP contribution in [0, 0.1) is 6.92 Å². The molecule has 0 radical (unpaired) electrons. The Morgan fingerprint density at radius 2 is 1.95 bits per heavy atom. The van der Waals surface area contributed by atoms with Gasteiger partial charge < -0.3 is 10.7 Å². The van der Waals surface area contributed by atoms with Crippen LogP contribution in [-0.2, 0) is 9.84 Å². The maximum Gasteiger partial charge on any atom is 0.147 e. The summed E-state index contributed by atoms with van der Waals surface area (Å²) in [6, 6.07) is 7.67. The molecule has 1 atom stereocenters. The van der Waals surface area contributed by atoms with E-state index in [-0.39, 0.29) is 5.75 Å². The van der Waals surface area contributed by atoms with Crippen LogP contribution in [0.2, 0.25) is 0 Å². The van der Waals surface area contributed by atoms with Crippen molar-refractivity contribution >= 4 is 9.84 Å². The van der Waals surface area contributed by atoms with Crippen LogP contribution in [0.1, 0.15) is 23.9 Å². The molecule has 1 heterocycles. The van der Waals surface area contributed by atoms with Crippen LogP contribution in [0.25, 0.3) is 11.3 Å². The summed E-state index contributed by atoms with van der Waals surface area (Å²) in [7, 11) is -3.00. The standard InChI is InChI=1S/C14H19N3O2S/c1-10-3-5-11(6-4-10)13-9-16-14(17-13)12(15)7-8-20(2,18)19/h3-6,9,12H,7-8,15H2,1-2H3,(H,16,17). The number of nitrogens with two attached hydrogens (primary N) is 1. The summed E-state index contributed by atoms with van der Waals surface area (Å²) in [4.78, 5) is 7.39. The van der Waals surface area contributed by atoms with Gasteiger partial charge in [-0.1, -0.05) is 29.8 Å². The average Bonchev–Trinajstić information content (AvgIpc) is 2.85. The molecule has 0 aliphatic carbocycles. The largest absolute Gasteiger partial charge is 0.341 e. The third-order valence-corrected chi connectivity index (χ3v) is 4.09. The van der Waals surface area contributed by atoms with Crippen LogP contribution in [-0.4, -0.2) is 30.4 Å². The van der Waals surface area contributed by atoms with Gasteiger partial charge in [-0.2, -0.15) is 0 Å². The molecule has 0 spiro atoms. The highest BCUT2D eigenvalue weighted by atomic mass is 32.2. The highest BCUT2D eigenvalue weighted by Gasteiger charge is 2.13. The summed E-state index contributed by atoms with van der Waals surface area (Å²) < 4.78 is 22.3. The number of aromatic amines is 1. The Hall–Kier alpha value is -1.66. The minimum Gasteiger partial charge on any atom is -0.341 e. The smallest absolute Gasteiger partial charge is 0.147 e. The van der Waals surface area contributed by atoms with E-state index in [4.69, 9.17) is 5.73 Å². The van der Waals surface area contributed by atoms with Gasteiger partial charge in [0, 0.05) is 6.26 Å². The predicted octanol–water partition coefficient (Wildman–Crippen LogP) is 1.82. The number of aryl methyl sites for hydroxylation is 1. The summed E-state index contributed by atoms with van der Waals surface area (Å²) in [6.45, 7) is 2.03. The van der Waals surface area contributed by atoms with Crippen LogP contribution in [0.3, 0.4) is 0 Å². The van der Waals surface area contributed by atoms with Crippen LogP contribution in [0.5, 0.6) is 0 Å². The van der Waals surface area contributed by atoms with Crippen molar-refractivity contribution < 1.29 is 8.42 Å². The Bertz CT molecular complexity index is 675. The van der Waals surface area contributed by atoms with Gasteiger partial charge in [0.2, 0.25) is 0 Å². The zero-order valence-electron chi connectivity index (χ0n) is 11.6. The fraction of sp³-hybridized carbons (Fsp3) is 0.357. The topological polar surface area (TPSA) is 88.8 Å². The first-order valence-corrected chi connectivity index (χ1v) is 8.46. The van der Waals surface area contributed by atoms with Crippen LogP contribution < -0.4 is 5.73 Å². The predicted molar refractivity (Wildman–Crippen MR) is 80.0 cm³/mol. The Balaban J connectivity index is 2.10. The molecule has 1 aromatic heterocycles. The zero-order chi connectivity index (χ0) is 14.8. The molecule has 0 saturated carbocycles. The van der Waals surface area contributed by atoms with E-state index in [0.717, 1.165) is 11.3 Å². The van der Waals surface area contributed by atoms with Crippen LogP contribution >= 0.6 is 0 Å². The van der Waals surface area contributed by atoms with Crippen molar-refractivity contribution in [1.29, 1.82) is 0 Å². The number of hydrogen-bond acceptors (Lipinski definition) is 4. The lowest BCUT2D eigenvalue weighted by Crippen LogP contribution is -2.16. The Morgan fingerprint density at radius 1 is 1.30 bits per heavy atom. The van der Waals surface area contributed by atoms with Crippen LogP contribution in [0.4, 0.5) is 0 Å². The molecule has 0 bridgehead atoms. The van der Waals surface area contributed by atoms with Gasteiger partial charge in [0.15, 0.2) is 0 Å². The van der Waals surface area contributed by atoms with Gasteiger partial charge in [-0.25, -0.2) is 13.4 Å². The second-order valence-corrected chi connectivity index (χ2v) is 7.33. The molecule has 0 saturated heterocycles. The number of aromatic nitrogens is 2. The number of nitrogens with zero attached hydrogens (tertiary/aromatic N) is 1. The van der Waals surface area contributed by atoms with Gasteiger partial charge in [-0.3, -0.25) is 0 Å². The maximum atomic E-state index is 11.1. The molecular weight excluding hydrogens is 274 g/mol. The maximum absolute atomic E-state index is 11.1. The Labute approximate surface area is 119 Å². The van der Waals surface area contributed by atoms with E-state index >= 15 is 0 Å². The summed E-state index contributed by atoms with van der Waals surface area (Å²) in [6.07, 6.45) is 3.29. The molecule has 2 rings (SSSR count). The lowest BCUT2D eigenvalue weighted by molar-refractivity contribution is 0.588. The minimum absolute atomic E-state index is 0.0642. The Kier molecular flexibility index (Phi) is 4.25. The molecular formula is C14H19N3O2S. The number of hydrogen-bond donors (Lipinski definition) is 2. The van der Waals surface area contributed by atoms with Crippen molar-refractivity contribution in [2.45, 2.75) is 19.4 Å². The second kappa shape index (κ2) is 5.76. The molecule has 3 N–H and O–H groups in total. The number of nitrogens with one attached hydrogen (secondary N) is 1. The zero-order valence-corrected chi connectivity index (χ0v) is 12.4. The first kappa shape index (κ1) is 14.7. The summed E-state index contributed by atoms with van der Waals surface area (Å²) in [5.41, 5.74) is 9.07. The van der Waals surface area contributed by atoms with E-state index in [0.29, 0.717) is 12.2 Å². The highest BCUT2D eigenvalue weighted by molar-refractivity contribution is 7.90. The molecule has 0 aliphatic heterocycles.